The van der Waals surface area contributed by atoms with Gasteiger partial charge in [-0.25, -0.2) is 19.3 Å². The highest BCUT2D eigenvalue weighted by molar-refractivity contribution is 5.95. The van der Waals surface area contributed by atoms with Crippen LogP contribution in [0.5, 0.6) is 0 Å². The maximum absolute atomic E-state index is 14.7. The van der Waals surface area contributed by atoms with Crippen LogP contribution < -0.4 is 16.8 Å². The first-order valence-electron chi connectivity index (χ1n) is 12.4. The van der Waals surface area contributed by atoms with E-state index in [0.29, 0.717) is 39.6 Å². The zero-order valence-electron chi connectivity index (χ0n) is 20.8. The Morgan fingerprint density at radius 3 is 2.50 bits per heavy atom. The summed E-state index contributed by atoms with van der Waals surface area (Å²) in [5, 5.41) is 2.45. The molecule has 5 aromatic rings. The Balaban J connectivity index is 1.52. The number of pyridine rings is 2. The average Bonchev–Trinajstić information content (AvgIpc) is 3.30. The smallest absolute Gasteiger partial charge is 0.253 e. The Morgan fingerprint density at radius 1 is 1.05 bits per heavy atom. The lowest BCUT2D eigenvalue weighted by molar-refractivity contribution is 0.0959. The van der Waals surface area contributed by atoms with Crippen LogP contribution >= 0.6 is 0 Å². The van der Waals surface area contributed by atoms with Crippen LogP contribution in [0, 0.1) is 5.82 Å². The zero-order valence-corrected chi connectivity index (χ0v) is 20.8. The molecule has 0 aliphatic heterocycles. The molecule has 2 aromatic carbocycles. The summed E-state index contributed by atoms with van der Waals surface area (Å²) in [6.07, 6.45) is 4.70. The molecular formula is C29H26FN7O. The van der Waals surface area contributed by atoms with Crippen molar-refractivity contribution in [3.8, 4) is 28.3 Å². The average molecular weight is 508 g/mol. The number of anilines is 1. The molecule has 0 spiro atoms. The van der Waals surface area contributed by atoms with Gasteiger partial charge in [0.25, 0.3) is 5.91 Å². The fourth-order valence-corrected chi connectivity index (χ4v) is 4.93. The molecule has 1 saturated carbocycles. The summed E-state index contributed by atoms with van der Waals surface area (Å²) in [6.45, 7) is 0. The second-order valence-electron chi connectivity index (χ2n) is 9.58. The topological polar surface area (TPSA) is 125 Å². The van der Waals surface area contributed by atoms with Crippen LogP contribution in [-0.4, -0.2) is 32.5 Å². The number of amides is 1. The lowest BCUT2D eigenvalue weighted by atomic mass is 9.73. The van der Waals surface area contributed by atoms with Gasteiger partial charge in [-0.15, -0.1) is 0 Å². The summed E-state index contributed by atoms with van der Waals surface area (Å²) in [7, 11) is 1.46. The number of nitrogens with one attached hydrogen (secondary N) is 1. The molecule has 3 aromatic heterocycles. The second-order valence-corrected chi connectivity index (χ2v) is 9.58. The molecule has 190 valence electrons. The van der Waals surface area contributed by atoms with Gasteiger partial charge < -0.3 is 16.8 Å². The quantitative estimate of drug-likeness (QED) is 0.320. The van der Waals surface area contributed by atoms with E-state index in [-0.39, 0.29) is 11.1 Å². The van der Waals surface area contributed by atoms with Crippen LogP contribution in [0.15, 0.2) is 72.9 Å². The third-order valence-corrected chi connectivity index (χ3v) is 7.27. The van der Waals surface area contributed by atoms with Crippen LogP contribution in [0.1, 0.15) is 35.2 Å². The molecule has 5 N–H and O–H groups in total. The maximum atomic E-state index is 14.7. The monoisotopic (exact) mass is 507 g/mol. The number of carbonyl (C=O) groups is 1. The minimum absolute atomic E-state index is 0.0269. The SMILES string of the molecule is CNC(=O)c1ccc(-c2ccc3nc(-c4cccnc4N)n(-c4ccc(C5(N)CCC5)cc4)c3n2)cc1F. The van der Waals surface area contributed by atoms with Crippen molar-refractivity contribution in [2.24, 2.45) is 5.73 Å². The van der Waals surface area contributed by atoms with Crippen LogP contribution in [0.3, 0.4) is 0 Å². The van der Waals surface area contributed by atoms with Crippen molar-refractivity contribution in [1.82, 2.24) is 24.8 Å². The molecule has 0 atom stereocenters. The van der Waals surface area contributed by atoms with Gasteiger partial charge >= 0.3 is 0 Å². The highest BCUT2D eigenvalue weighted by Crippen LogP contribution is 2.39. The Kier molecular flexibility index (Phi) is 5.65. The van der Waals surface area contributed by atoms with E-state index in [1.807, 2.05) is 47.0 Å². The van der Waals surface area contributed by atoms with Crippen LogP contribution in [-0.2, 0) is 5.54 Å². The summed E-state index contributed by atoms with van der Waals surface area (Å²) >= 11 is 0. The molecule has 0 bridgehead atoms. The molecule has 9 heteroatoms. The third kappa shape index (κ3) is 3.88. The Morgan fingerprint density at radius 2 is 1.84 bits per heavy atom. The minimum atomic E-state index is -0.622. The lowest BCUT2D eigenvalue weighted by Crippen LogP contribution is -2.43. The van der Waals surface area contributed by atoms with Gasteiger partial charge in [0.2, 0.25) is 0 Å². The summed E-state index contributed by atoms with van der Waals surface area (Å²) in [5.74, 6) is -0.166. The number of hydrogen-bond acceptors (Lipinski definition) is 6. The highest BCUT2D eigenvalue weighted by atomic mass is 19.1. The predicted molar refractivity (Wildman–Crippen MR) is 145 cm³/mol. The van der Waals surface area contributed by atoms with E-state index < -0.39 is 11.7 Å². The molecule has 0 saturated heterocycles. The van der Waals surface area contributed by atoms with Crippen molar-refractivity contribution in [2.45, 2.75) is 24.8 Å². The molecule has 6 rings (SSSR count). The first kappa shape index (κ1) is 23.7. The van der Waals surface area contributed by atoms with Crippen molar-refractivity contribution in [3.63, 3.8) is 0 Å². The maximum Gasteiger partial charge on any atom is 0.253 e. The number of rotatable bonds is 5. The van der Waals surface area contributed by atoms with E-state index >= 15 is 0 Å². The minimum Gasteiger partial charge on any atom is -0.383 e. The van der Waals surface area contributed by atoms with Gasteiger partial charge in [-0.2, -0.15) is 0 Å². The third-order valence-electron chi connectivity index (χ3n) is 7.27. The van der Waals surface area contributed by atoms with Crippen molar-refractivity contribution < 1.29 is 9.18 Å². The summed E-state index contributed by atoms with van der Waals surface area (Å²) < 4.78 is 16.7. The van der Waals surface area contributed by atoms with Gasteiger partial charge in [-0.1, -0.05) is 18.2 Å². The number of nitrogens with zero attached hydrogens (tertiary/aromatic N) is 4. The van der Waals surface area contributed by atoms with E-state index in [1.165, 1.54) is 19.2 Å². The van der Waals surface area contributed by atoms with Crippen molar-refractivity contribution in [2.75, 3.05) is 12.8 Å². The molecule has 8 nitrogen and oxygen atoms in total. The van der Waals surface area contributed by atoms with Crippen molar-refractivity contribution in [3.05, 3.63) is 89.9 Å². The van der Waals surface area contributed by atoms with Gasteiger partial charge in [0.1, 0.15) is 17.2 Å². The largest absolute Gasteiger partial charge is 0.383 e. The highest BCUT2D eigenvalue weighted by Gasteiger charge is 2.34. The molecular weight excluding hydrogens is 481 g/mol. The Labute approximate surface area is 218 Å². The normalized spacial score (nSPS) is 14.3. The first-order chi connectivity index (χ1) is 18.4. The summed E-state index contributed by atoms with van der Waals surface area (Å²) in [5.41, 5.74) is 17.4. The molecule has 0 unspecified atom stereocenters. The fourth-order valence-electron chi connectivity index (χ4n) is 4.93. The predicted octanol–water partition coefficient (Wildman–Crippen LogP) is 4.57. The number of nitrogens with two attached hydrogens (primary N) is 2. The van der Waals surface area contributed by atoms with E-state index in [4.69, 9.17) is 21.4 Å². The van der Waals surface area contributed by atoms with E-state index in [2.05, 4.69) is 10.3 Å². The Bertz CT molecular complexity index is 1690. The van der Waals surface area contributed by atoms with Crippen molar-refractivity contribution in [1.29, 1.82) is 0 Å². The summed E-state index contributed by atoms with van der Waals surface area (Å²) in [4.78, 5) is 25.9. The number of fused-ring (bicyclic) bond motifs is 1. The van der Waals surface area contributed by atoms with Crippen molar-refractivity contribution >= 4 is 22.9 Å². The number of hydrogen-bond donors (Lipinski definition) is 3. The van der Waals surface area contributed by atoms with Gasteiger partial charge in [0.15, 0.2) is 11.5 Å². The van der Waals surface area contributed by atoms with Gasteiger partial charge in [-0.3, -0.25) is 9.36 Å². The van der Waals surface area contributed by atoms with E-state index in [9.17, 15) is 9.18 Å². The second kappa shape index (κ2) is 9.04. The molecule has 1 aliphatic carbocycles. The number of aromatic nitrogens is 4. The zero-order chi connectivity index (χ0) is 26.4. The molecule has 1 amide bonds. The molecule has 38 heavy (non-hydrogen) atoms. The standard InChI is InChI=1S/C29H26FN7O/c1-33-28(38)20-10-5-17(16-22(20)30)23-11-12-24-27(35-23)37(26(36-24)21-4-2-15-34-25(21)31)19-8-6-18(7-9-19)29(32)13-3-14-29/h2,4-12,15-16H,3,13-14,32H2,1H3,(H2,31,34)(H,33,38). The van der Waals surface area contributed by atoms with Crippen LogP contribution in [0.25, 0.3) is 39.5 Å². The number of imidazole rings is 1. The fraction of sp³-hybridized carbons (Fsp3) is 0.172. The number of benzene rings is 2. The van der Waals surface area contributed by atoms with Crippen LogP contribution in [0.4, 0.5) is 10.2 Å². The molecule has 1 aliphatic rings. The van der Waals surface area contributed by atoms with Crippen LogP contribution in [0.2, 0.25) is 0 Å². The Hall–Kier alpha value is -4.63. The van der Waals surface area contributed by atoms with Gasteiger partial charge in [-0.05, 0) is 73.4 Å². The van der Waals surface area contributed by atoms with Gasteiger partial charge in [0, 0.05) is 30.0 Å². The van der Waals surface area contributed by atoms with E-state index in [1.54, 1.807) is 18.3 Å². The molecule has 1 fully saturated rings. The lowest BCUT2D eigenvalue weighted by Gasteiger charge is -2.38. The molecule has 3 heterocycles. The molecule has 0 radical (unpaired) electrons. The number of nitrogen functional groups attached to an aromatic ring is 1. The van der Waals surface area contributed by atoms with Gasteiger partial charge in [0.05, 0.1) is 16.8 Å². The first-order valence-corrected chi connectivity index (χ1v) is 12.4. The summed E-state index contributed by atoms with van der Waals surface area (Å²) in [6, 6.07) is 19.8. The number of carbonyl (C=O) groups excluding carboxylic acids is 1. The number of halogens is 1. The van der Waals surface area contributed by atoms with E-state index in [0.717, 1.165) is 30.5 Å².